The third-order valence-electron chi connectivity index (χ3n) is 2.18. The lowest BCUT2D eigenvalue weighted by Crippen LogP contribution is -1.98. The first-order chi connectivity index (χ1) is 8.88. The Bertz CT molecular complexity index is 504. The Labute approximate surface area is 109 Å². The van der Waals surface area contributed by atoms with E-state index in [0.717, 1.165) is 22.9 Å². The van der Waals surface area contributed by atoms with Crippen molar-refractivity contribution < 1.29 is 4.74 Å². The molecule has 18 heavy (non-hydrogen) atoms. The van der Waals surface area contributed by atoms with Crippen molar-refractivity contribution in [3.63, 3.8) is 0 Å². The number of nitrogens with zero attached hydrogens (tertiary/aromatic N) is 3. The van der Waals surface area contributed by atoms with Gasteiger partial charge in [0.05, 0.1) is 24.4 Å². The van der Waals surface area contributed by atoms with Crippen LogP contribution in [0.3, 0.4) is 0 Å². The summed E-state index contributed by atoms with van der Waals surface area (Å²) in [5.41, 5.74) is 0.643. The molecule has 2 rings (SSSR count). The number of nitrogens with one attached hydrogen (secondary N) is 1. The Hall–Kier alpha value is -2.00. The molecule has 0 saturated heterocycles. The number of hydrogen-bond donors (Lipinski definition) is 1. The van der Waals surface area contributed by atoms with Crippen LogP contribution in [0, 0.1) is 11.3 Å². The van der Waals surface area contributed by atoms with Crippen LogP contribution in [0.15, 0.2) is 35.5 Å². The Kier molecular flexibility index (Phi) is 4.61. The van der Waals surface area contributed by atoms with E-state index in [1.54, 1.807) is 30.1 Å². The van der Waals surface area contributed by atoms with Crippen LogP contribution in [0.25, 0.3) is 0 Å². The summed E-state index contributed by atoms with van der Waals surface area (Å²) in [6, 6.07) is 9.19. The number of benzene rings is 1. The predicted molar refractivity (Wildman–Crippen MR) is 68.4 cm³/mol. The van der Waals surface area contributed by atoms with Crippen molar-refractivity contribution in [2.45, 2.75) is 11.4 Å². The molecule has 0 atom stereocenters. The summed E-state index contributed by atoms with van der Waals surface area (Å²) in [4.78, 5) is 0. The fourth-order valence-corrected chi connectivity index (χ4v) is 2.02. The lowest BCUT2D eigenvalue weighted by Gasteiger charge is -2.05. The second-order valence-electron chi connectivity index (χ2n) is 3.49. The van der Waals surface area contributed by atoms with Crippen LogP contribution in [0.4, 0.5) is 0 Å². The van der Waals surface area contributed by atoms with Gasteiger partial charge in [-0.15, -0.1) is 16.9 Å². The Morgan fingerprint density at radius 3 is 2.83 bits per heavy atom. The number of H-pyrrole nitrogens is 1. The van der Waals surface area contributed by atoms with Gasteiger partial charge in [-0.2, -0.15) is 15.6 Å². The second kappa shape index (κ2) is 6.67. The van der Waals surface area contributed by atoms with Crippen molar-refractivity contribution in [3.8, 4) is 11.8 Å². The van der Waals surface area contributed by atoms with Crippen molar-refractivity contribution in [1.82, 2.24) is 15.4 Å². The molecule has 0 bridgehead atoms. The van der Waals surface area contributed by atoms with Crippen LogP contribution in [0.2, 0.25) is 0 Å². The molecule has 0 spiro atoms. The van der Waals surface area contributed by atoms with Gasteiger partial charge < -0.3 is 4.74 Å². The maximum absolute atomic E-state index is 8.66. The number of hydrogen-bond acceptors (Lipinski definition) is 5. The number of aromatic amines is 1. The molecule has 2 aromatic rings. The highest BCUT2D eigenvalue weighted by molar-refractivity contribution is 7.99. The van der Waals surface area contributed by atoms with E-state index in [2.05, 4.69) is 21.5 Å². The van der Waals surface area contributed by atoms with Gasteiger partial charge in [0.2, 0.25) is 0 Å². The smallest absolute Gasteiger partial charge is 0.138 e. The van der Waals surface area contributed by atoms with Crippen molar-refractivity contribution in [1.29, 1.82) is 5.26 Å². The van der Waals surface area contributed by atoms with E-state index in [9.17, 15) is 0 Å². The van der Waals surface area contributed by atoms with Crippen molar-refractivity contribution in [2.75, 3.05) is 12.4 Å². The van der Waals surface area contributed by atoms with E-state index in [1.165, 1.54) is 0 Å². The number of ether oxygens (including phenoxy) is 1. The van der Waals surface area contributed by atoms with Gasteiger partial charge in [0.15, 0.2) is 0 Å². The quantitative estimate of drug-likeness (QED) is 0.637. The highest BCUT2D eigenvalue weighted by Gasteiger charge is 1.98. The molecule has 0 saturated carbocycles. The molecular weight excluding hydrogens is 248 g/mol. The van der Waals surface area contributed by atoms with Crippen molar-refractivity contribution in [3.05, 3.63) is 36.0 Å². The summed E-state index contributed by atoms with van der Waals surface area (Å²) in [5.74, 6) is 1.73. The van der Waals surface area contributed by atoms with Crippen LogP contribution >= 0.6 is 11.8 Å². The maximum Gasteiger partial charge on any atom is 0.138 e. The average molecular weight is 260 g/mol. The molecule has 1 N–H and O–H groups in total. The molecule has 0 unspecified atom stereocenters. The first kappa shape index (κ1) is 12.5. The van der Waals surface area contributed by atoms with Crippen molar-refractivity contribution >= 4 is 11.8 Å². The summed E-state index contributed by atoms with van der Waals surface area (Å²) < 4.78 is 5.56. The topological polar surface area (TPSA) is 74.6 Å². The lowest BCUT2D eigenvalue weighted by molar-refractivity contribution is 0.318. The normalized spacial score (nSPS) is 9.94. The van der Waals surface area contributed by atoms with Gasteiger partial charge in [0, 0.05) is 5.75 Å². The summed E-state index contributed by atoms with van der Waals surface area (Å²) in [6.07, 6.45) is 2.63. The van der Waals surface area contributed by atoms with E-state index in [-0.39, 0.29) is 0 Å². The number of aromatic nitrogens is 3. The summed E-state index contributed by atoms with van der Waals surface area (Å²) in [5, 5.41) is 19.8. The van der Waals surface area contributed by atoms with Crippen molar-refractivity contribution in [2.24, 2.45) is 0 Å². The van der Waals surface area contributed by atoms with E-state index in [0.29, 0.717) is 12.2 Å². The third kappa shape index (κ3) is 3.79. The number of thioether (sulfide) groups is 1. The number of rotatable bonds is 6. The molecule has 0 radical (unpaired) electrons. The fourth-order valence-electron chi connectivity index (χ4n) is 1.31. The van der Waals surface area contributed by atoms with Gasteiger partial charge in [-0.05, 0) is 30.7 Å². The molecular formula is C12H12N4OS. The lowest BCUT2D eigenvalue weighted by atomic mass is 10.2. The molecule has 0 fully saturated rings. The highest BCUT2D eigenvalue weighted by Crippen LogP contribution is 2.15. The van der Waals surface area contributed by atoms with Gasteiger partial charge >= 0.3 is 0 Å². The Morgan fingerprint density at radius 1 is 1.33 bits per heavy atom. The second-order valence-corrected chi connectivity index (χ2v) is 4.61. The van der Waals surface area contributed by atoms with Crippen LogP contribution in [0.5, 0.6) is 5.75 Å². The number of nitriles is 1. The molecule has 1 heterocycles. The molecule has 5 nitrogen and oxygen atoms in total. The monoisotopic (exact) mass is 260 g/mol. The molecule has 6 heteroatoms. The zero-order chi connectivity index (χ0) is 12.6. The van der Waals surface area contributed by atoms with Crippen LogP contribution < -0.4 is 4.74 Å². The highest BCUT2D eigenvalue weighted by atomic mass is 32.2. The summed E-state index contributed by atoms with van der Waals surface area (Å²) >= 11 is 1.64. The van der Waals surface area contributed by atoms with Gasteiger partial charge in [0.1, 0.15) is 10.8 Å². The zero-order valence-electron chi connectivity index (χ0n) is 9.67. The molecule has 0 aliphatic carbocycles. The molecule has 1 aromatic carbocycles. The largest absolute Gasteiger partial charge is 0.494 e. The van der Waals surface area contributed by atoms with E-state index in [1.807, 2.05) is 12.1 Å². The van der Waals surface area contributed by atoms with E-state index >= 15 is 0 Å². The Balaban J connectivity index is 1.64. The first-order valence-corrected chi connectivity index (χ1v) is 6.48. The van der Waals surface area contributed by atoms with Gasteiger partial charge in [-0.25, -0.2) is 0 Å². The minimum atomic E-state index is 0.643. The fraction of sp³-hybridized carbons (Fsp3) is 0.250. The van der Waals surface area contributed by atoms with Gasteiger partial charge in [-0.3, -0.25) is 0 Å². The molecule has 1 aromatic heterocycles. The van der Waals surface area contributed by atoms with Gasteiger partial charge in [0.25, 0.3) is 0 Å². The van der Waals surface area contributed by atoms with E-state index in [4.69, 9.17) is 10.00 Å². The Morgan fingerprint density at radius 2 is 2.17 bits per heavy atom. The van der Waals surface area contributed by atoms with Crippen LogP contribution in [0.1, 0.15) is 12.0 Å². The average Bonchev–Trinajstić information content (AvgIpc) is 2.92. The summed E-state index contributed by atoms with van der Waals surface area (Å²) in [7, 11) is 0. The third-order valence-corrected chi connectivity index (χ3v) is 3.17. The van der Waals surface area contributed by atoms with E-state index < -0.39 is 0 Å². The minimum Gasteiger partial charge on any atom is -0.494 e. The predicted octanol–water partition coefficient (Wildman–Crippen LogP) is 2.24. The standard InChI is InChI=1S/C12H12N4OS/c13-8-10-2-4-11(5-3-10)17-6-1-7-18-12-9-14-16-15-12/h2-5,9H,1,6-7H2,(H,14,15,16). The van der Waals surface area contributed by atoms with Gasteiger partial charge in [-0.1, -0.05) is 0 Å². The zero-order valence-corrected chi connectivity index (χ0v) is 10.5. The molecule has 0 aliphatic heterocycles. The maximum atomic E-state index is 8.66. The van der Waals surface area contributed by atoms with Crippen LogP contribution in [-0.2, 0) is 0 Å². The van der Waals surface area contributed by atoms with Crippen LogP contribution in [-0.4, -0.2) is 27.8 Å². The SMILES string of the molecule is N#Cc1ccc(OCCCSc2cn[nH]n2)cc1. The molecule has 0 amide bonds. The molecule has 0 aliphatic rings. The molecule has 92 valence electrons. The first-order valence-electron chi connectivity index (χ1n) is 5.50. The minimum absolute atomic E-state index is 0.643. The summed E-state index contributed by atoms with van der Waals surface area (Å²) in [6.45, 7) is 0.650.